The summed E-state index contributed by atoms with van der Waals surface area (Å²) in [6.07, 6.45) is 15.2. The van der Waals surface area contributed by atoms with Crippen LogP contribution < -0.4 is 5.32 Å². The number of unbranched alkanes of at least 4 members (excludes halogenated alkanes) is 2. The number of hydrogen-bond donors (Lipinski definition) is 2. The quantitative estimate of drug-likeness (QED) is 0.171. The van der Waals surface area contributed by atoms with Crippen LogP contribution in [0.2, 0.25) is 0 Å². The molecular weight excluding hydrogens is 452 g/mol. The normalized spacial score (nSPS) is 18.5. The maximum absolute atomic E-state index is 6.96. The van der Waals surface area contributed by atoms with Crippen molar-refractivity contribution >= 4 is 18.1 Å². The second-order valence-electron chi connectivity index (χ2n) is 11.2. The molecule has 1 atom stereocenters. The van der Waals surface area contributed by atoms with E-state index in [9.17, 15) is 0 Å². The number of amidine groups is 1. The number of piperidine rings is 1. The van der Waals surface area contributed by atoms with Crippen molar-refractivity contribution < 1.29 is 0 Å². The van der Waals surface area contributed by atoms with Crippen molar-refractivity contribution in [3.05, 3.63) is 53.7 Å². The zero-order valence-corrected chi connectivity index (χ0v) is 24.3. The van der Waals surface area contributed by atoms with E-state index in [0.717, 1.165) is 18.9 Å². The van der Waals surface area contributed by atoms with Gasteiger partial charge in [-0.2, -0.15) is 0 Å². The van der Waals surface area contributed by atoms with Crippen molar-refractivity contribution in [3.8, 4) is 0 Å². The van der Waals surface area contributed by atoms with Crippen molar-refractivity contribution in [3.63, 3.8) is 0 Å². The van der Waals surface area contributed by atoms with E-state index in [-0.39, 0.29) is 5.92 Å². The van der Waals surface area contributed by atoms with Gasteiger partial charge in [0.2, 0.25) is 0 Å². The third-order valence-corrected chi connectivity index (χ3v) is 8.07. The van der Waals surface area contributed by atoms with E-state index >= 15 is 0 Å². The number of nitrogens with zero attached hydrogens (tertiary/aromatic N) is 2. The maximum Gasteiger partial charge on any atom is 0.122 e. The van der Waals surface area contributed by atoms with E-state index in [4.69, 9.17) is 5.41 Å². The fourth-order valence-corrected chi connectivity index (χ4v) is 5.21. The molecule has 1 fully saturated rings. The Balaban J connectivity index is 0.000000604. The van der Waals surface area contributed by atoms with Crippen LogP contribution in [0.1, 0.15) is 96.6 Å². The molecule has 0 aromatic heterocycles. The van der Waals surface area contributed by atoms with Gasteiger partial charge < -0.3 is 10.2 Å². The van der Waals surface area contributed by atoms with Crippen LogP contribution in [0.15, 0.2) is 47.6 Å². The highest BCUT2D eigenvalue weighted by molar-refractivity contribution is 5.84. The van der Waals surface area contributed by atoms with E-state index in [1.807, 2.05) is 13.8 Å². The smallest absolute Gasteiger partial charge is 0.122 e. The predicted molar refractivity (Wildman–Crippen MR) is 164 cm³/mol. The minimum absolute atomic E-state index is 0.220. The number of allylic oxidation sites excluding steroid dienone is 3. The molecule has 1 heterocycles. The van der Waals surface area contributed by atoms with Gasteiger partial charge in [-0.1, -0.05) is 77.5 Å². The third kappa shape index (κ3) is 11.4. The lowest BCUT2D eigenvalue weighted by Gasteiger charge is -2.31. The van der Waals surface area contributed by atoms with Crippen molar-refractivity contribution in [2.45, 2.75) is 91.9 Å². The van der Waals surface area contributed by atoms with Gasteiger partial charge in [0.05, 0.1) is 0 Å². The number of benzene rings is 1. The monoisotopic (exact) mass is 506 g/mol. The van der Waals surface area contributed by atoms with Crippen LogP contribution in [0.3, 0.4) is 0 Å². The molecule has 2 N–H and O–H groups in total. The lowest BCUT2D eigenvalue weighted by molar-refractivity contribution is 0.187. The second kappa shape index (κ2) is 17.3. The summed E-state index contributed by atoms with van der Waals surface area (Å²) >= 11 is 0. The van der Waals surface area contributed by atoms with Crippen LogP contribution in [-0.4, -0.2) is 43.6 Å². The van der Waals surface area contributed by atoms with Crippen molar-refractivity contribution in [1.29, 1.82) is 5.41 Å². The molecule has 2 aliphatic rings. The van der Waals surface area contributed by atoms with Crippen LogP contribution in [0.25, 0.3) is 5.57 Å². The van der Waals surface area contributed by atoms with Crippen molar-refractivity contribution in [1.82, 2.24) is 10.2 Å². The number of rotatable bonds is 12. The molecule has 1 unspecified atom stereocenters. The molecule has 1 saturated heterocycles. The Kier molecular flexibility index (Phi) is 14.5. The summed E-state index contributed by atoms with van der Waals surface area (Å²) in [5, 5.41) is 10.5. The molecule has 1 aliphatic heterocycles. The van der Waals surface area contributed by atoms with Gasteiger partial charge in [0.25, 0.3) is 0 Å². The zero-order valence-electron chi connectivity index (χ0n) is 24.3. The molecule has 3 rings (SSSR count). The Hall–Kier alpha value is -2.20. The molecule has 0 spiro atoms. The number of likely N-dealkylation sites (tertiary alicyclic amines) is 1. The Bertz CT molecular complexity index is 844. The lowest BCUT2D eigenvalue weighted by atomic mass is 9.84. The highest BCUT2D eigenvalue weighted by atomic mass is 15.1. The van der Waals surface area contributed by atoms with Crippen LogP contribution in [0.5, 0.6) is 0 Å². The van der Waals surface area contributed by atoms with Crippen LogP contribution >= 0.6 is 0 Å². The van der Waals surface area contributed by atoms with Gasteiger partial charge in [0.1, 0.15) is 5.84 Å². The van der Waals surface area contributed by atoms with E-state index in [2.05, 4.69) is 72.7 Å². The molecule has 37 heavy (non-hydrogen) atoms. The Morgan fingerprint density at radius 1 is 1.11 bits per heavy atom. The van der Waals surface area contributed by atoms with Gasteiger partial charge in [-0.05, 0) is 100 Å². The van der Waals surface area contributed by atoms with Crippen LogP contribution in [0.4, 0.5) is 0 Å². The molecule has 1 aliphatic carbocycles. The first-order valence-corrected chi connectivity index (χ1v) is 14.9. The number of hydrogen-bond acceptors (Lipinski definition) is 3. The second-order valence-corrected chi connectivity index (χ2v) is 11.2. The van der Waals surface area contributed by atoms with Gasteiger partial charge in [-0.3, -0.25) is 5.41 Å². The fraction of sp³-hybridized carbons (Fsp3) is 0.636. The fourth-order valence-electron chi connectivity index (χ4n) is 5.21. The summed E-state index contributed by atoms with van der Waals surface area (Å²) < 4.78 is 0. The Morgan fingerprint density at radius 2 is 1.81 bits per heavy atom. The molecule has 0 saturated carbocycles. The zero-order chi connectivity index (χ0) is 27.0. The molecule has 4 nitrogen and oxygen atoms in total. The van der Waals surface area contributed by atoms with E-state index in [1.54, 1.807) is 0 Å². The van der Waals surface area contributed by atoms with E-state index < -0.39 is 0 Å². The summed E-state index contributed by atoms with van der Waals surface area (Å²) in [5.74, 6) is 2.11. The number of aryl methyl sites for hydroxylation is 1. The molecule has 1 aromatic carbocycles. The van der Waals surface area contributed by atoms with E-state index in [0.29, 0.717) is 11.8 Å². The Labute approximate surface area is 228 Å². The number of aliphatic imine (C=N–C) groups is 1. The topological polar surface area (TPSA) is 51.5 Å². The molecule has 206 valence electrons. The van der Waals surface area contributed by atoms with Crippen molar-refractivity contribution in [2.24, 2.45) is 22.7 Å². The molecule has 1 aromatic rings. The van der Waals surface area contributed by atoms with Gasteiger partial charge in [-0.25, -0.2) is 4.99 Å². The minimum atomic E-state index is 0.220. The maximum atomic E-state index is 6.96. The minimum Gasteiger partial charge on any atom is -0.389 e. The largest absolute Gasteiger partial charge is 0.389 e. The molecule has 4 heteroatoms. The highest BCUT2D eigenvalue weighted by Crippen LogP contribution is 2.33. The summed E-state index contributed by atoms with van der Waals surface area (Å²) in [6.45, 7) is 20.8. The first kappa shape index (κ1) is 31.0. The molecule has 0 amide bonds. The first-order valence-electron chi connectivity index (χ1n) is 14.9. The lowest BCUT2D eigenvalue weighted by Crippen LogP contribution is -2.33. The average Bonchev–Trinajstić information content (AvgIpc) is 2.94. The molecule has 0 bridgehead atoms. The Morgan fingerprint density at radius 3 is 2.32 bits per heavy atom. The first-order chi connectivity index (χ1) is 17.9. The highest BCUT2D eigenvalue weighted by Gasteiger charge is 2.19. The van der Waals surface area contributed by atoms with Gasteiger partial charge in [0.15, 0.2) is 0 Å². The molecule has 0 radical (unpaired) electrons. The van der Waals surface area contributed by atoms with Gasteiger partial charge in [-0.15, -0.1) is 0 Å². The van der Waals surface area contributed by atoms with Gasteiger partial charge in [0, 0.05) is 24.1 Å². The van der Waals surface area contributed by atoms with Crippen LogP contribution in [0, 0.1) is 23.2 Å². The summed E-state index contributed by atoms with van der Waals surface area (Å²) in [6, 6.07) is 9.47. The summed E-state index contributed by atoms with van der Waals surface area (Å²) in [5.41, 5.74) is 5.72. The van der Waals surface area contributed by atoms with Crippen molar-refractivity contribution in [2.75, 3.05) is 26.2 Å². The number of nitrogens with one attached hydrogen (secondary N) is 2. The standard InChI is InChI=1S/C28H44N2.C5H10N2/c1-4-6-7-20-29-23(3)26-14-16-28(17-15-26)27-12-10-24(11-13-27)8-9-25-18-21-30(5-2)22-19-25;1-4(2)5(6)7-3/h10-13,16,25-26,29H,3-9,14-15,17-22H2,1-2H3;4,6H,3H2,1-2H3. The summed E-state index contributed by atoms with van der Waals surface area (Å²) in [7, 11) is 0. The summed E-state index contributed by atoms with van der Waals surface area (Å²) in [4.78, 5) is 6.01. The third-order valence-electron chi connectivity index (χ3n) is 8.07. The van der Waals surface area contributed by atoms with E-state index in [1.165, 1.54) is 99.8 Å². The predicted octanol–water partition coefficient (Wildman–Crippen LogP) is 8.15. The average molecular weight is 507 g/mol. The van der Waals surface area contributed by atoms with Crippen LogP contribution in [-0.2, 0) is 6.42 Å². The SMILES string of the molecule is C=C(NCCCCC)C1CC=C(c2ccc(CCC3CCN(CC)CC3)cc2)CC1.C=NC(=N)C(C)C. The molecular formula is C33H54N4. The van der Waals surface area contributed by atoms with Gasteiger partial charge >= 0.3 is 0 Å².